The van der Waals surface area contributed by atoms with Gasteiger partial charge in [-0.25, -0.2) is 4.79 Å². The summed E-state index contributed by atoms with van der Waals surface area (Å²) >= 11 is 6.19. The molecule has 0 aromatic carbocycles. The summed E-state index contributed by atoms with van der Waals surface area (Å²) in [5.41, 5.74) is 0. The zero-order valence-corrected chi connectivity index (χ0v) is 11.4. The van der Waals surface area contributed by atoms with E-state index in [-0.39, 0.29) is 9.71 Å². The normalized spacial score (nSPS) is 23.0. The van der Waals surface area contributed by atoms with Gasteiger partial charge in [-0.1, -0.05) is 31.9 Å². The monoisotopic (exact) mass is 327 g/mol. The molecule has 5 heteroatoms. The Labute approximate surface area is 101 Å². The molecule has 1 fully saturated rings. The highest BCUT2D eigenvalue weighted by Crippen LogP contribution is 2.18. The fraction of sp³-hybridized carbons (Fsp3) is 0.889. The van der Waals surface area contributed by atoms with Crippen LogP contribution in [0.1, 0.15) is 19.3 Å². The van der Waals surface area contributed by atoms with Gasteiger partial charge in [-0.3, -0.25) is 0 Å². The van der Waals surface area contributed by atoms with Gasteiger partial charge in [0.05, 0.1) is 6.61 Å². The molecule has 1 rings (SSSR count). The quantitative estimate of drug-likeness (QED) is 0.585. The van der Waals surface area contributed by atoms with Gasteiger partial charge in [-0.15, -0.1) is 0 Å². The molecule has 0 N–H and O–H groups in total. The fourth-order valence-corrected chi connectivity index (χ4v) is 1.97. The van der Waals surface area contributed by atoms with Gasteiger partial charge in [-0.05, 0) is 32.9 Å². The third kappa shape index (κ3) is 3.87. The first-order chi connectivity index (χ1) is 6.61. The highest BCUT2D eigenvalue weighted by molar-refractivity contribution is 9.25. The molecule has 0 bridgehead atoms. The van der Waals surface area contributed by atoms with E-state index in [2.05, 4.69) is 43.8 Å². The lowest BCUT2D eigenvalue weighted by Gasteiger charge is -2.18. The summed E-state index contributed by atoms with van der Waals surface area (Å²) in [4.78, 5) is 13.4. The molecule has 0 aliphatic carbocycles. The number of rotatable bonds is 4. The number of ether oxygens (including phenoxy) is 1. The van der Waals surface area contributed by atoms with Crippen LogP contribution in [0.3, 0.4) is 0 Å². The number of likely N-dealkylation sites (tertiary alicyclic amines) is 1. The first kappa shape index (κ1) is 12.5. The Balaban J connectivity index is 2.12. The molecule has 0 aromatic heterocycles. The van der Waals surface area contributed by atoms with E-state index in [0.717, 1.165) is 13.0 Å². The summed E-state index contributed by atoms with van der Waals surface area (Å²) in [5, 5.41) is 0. The number of carbonyl (C=O) groups is 1. The summed E-state index contributed by atoms with van der Waals surface area (Å²) in [6.07, 6.45) is 3.42. The Morgan fingerprint density at radius 3 is 2.86 bits per heavy atom. The van der Waals surface area contributed by atoms with Gasteiger partial charge in [0.15, 0.2) is 3.74 Å². The van der Waals surface area contributed by atoms with Crippen molar-refractivity contribution in [1.82, 2.24) is 4.90 Å². The van der Waals surface area contributed by atoms with Crippen LogP contribution in [0.2, 0.25) is 0 Å². The molecule has 1 aliphatic heterocycles. The third-order valence-electron chi connectivity index (χ3n) is 2.55. The van der Waals surface area contributed by atoms with Gasteiger partial charge in [0.25, 0.3) is 0 Å². The Hall–Kier alpha value is 0.390. The van der Waals surface area contributed by atoms with Crippen LogP contribution in [-0.4, -0.2) is 40.8 Å². The lowest BCUT2D eigenvalue weighted by atomic mass is 10.1. The summed E-state index contributed by atoms with van der Waals surface area (Å²) in [6, 6.07) is 0.590. The predicted molar refractivity (Wildman–Crippen MR) is 62.9 cm³/mol. The average Bonchev–Trinajstić information content (AvgIpc) is 2.51. The molecule has 0 amide bonds. The molecule has 0 aromatic rings. The van der Waals surface area contributed by atoms with E-state index in [4.69, 9.17) is 4.74 Å². The van der Waals surface area contributed by atoms with Crippen LogP contribution in [0.4, 0.5) is 0 Å². The van der Waals surface area contributed by atoms with Crippen molar-refractivity contribution in [1.29, 1.82) is 0 Å². The van der Waals surface area contributed by atoms with Crippen LogP contribution in [0.25, 0.3) is 0 Å². The maximum Gasteiger partial charge on any atom is 0.330 e. The van der Waals surface area contributed by atoms with Crippen molar-refractivity contribution < 1.29 is 9.53 Å². The van der Waals surface area contributed by atoms with Crippen LogP contribution in [-0.2, 0) is 9.53 Å². The smallest absolute Gasteiger partial charge is 0.330 e. The van der Waals surface area contributed by atoms with E-state index < -0.39 is 0 Å². The van der Waals surface area contributed by atoms with E-state index in [1.165, 1.54) is 12.8 Å². The zero-order chi connectivity index (χ0) is 10.6. The Kier molecular flexibility index (Phi) is 5.41. The third-order valence-corrected chi connectivity index (χ3v) is 3.29. The van der Waals surface area contributed by atoms with E-state index in [0.29, 0.717) is 12.6 Å². The fourth-order valence-electron chi connectivity index (χ4n) is 1.70. The second-order valence-corrected chi connectivity index (χ2v) is 6.59. The Morgan fingerprint density at radius 1 is 1.64 bits per heavy atom. The lowest BCUT2D eigenvalue weighted by Crippen LogP contribution is -2.27. The SMILES string of the molecule is CN1CCCC1CCOC(=O)C(Br)Br. The number of halogens is 2. The molecular weight excluding hydrogens is 314 g/mol. The molecular formula is C9H15Br2NO2. The maximum atomic E-state index is 11.1. The van der Waals surface area contributed by atoms with Crippen molar-refractivity contribution >= 4 is 37.8 Å². The Morgan fingerprint density at radius 2 is 2.36 bits per heavy atom. The summed E-state index contributed by atoms with van der Waals surface area (Å²) in [7, 11) is 2.12. The highest BCUT2D eigenvalue weighted by Gasteiger charge is 2.21. The summed E-state index contributed by atoms with van der Waals surface area (Å²) in [5.74, 6) is -0.245. The molecule has 0 radical (unpaired) electrons. The van der Waals surface area contributed by atoms with E-state index in [9.17, 15) is 4.79 Å². The molecule has 1 saturated heterocycles. The molecule has 3 nitrogen and oxygen atoms in total. The predicted octanol–water partition coefficient (Wildman–Crippen LogP) is 2.13. The maximum absolute atomic E-state index is 11.1. The number of hydrogen-bond donors (Lipinski definition) is 0. The minimum atomic E-state index is -0.378. The van der Waals surface area contributed by atoms with Crippen molar-refractivity contribution in [3.8, 4) is 0 Å². The van der Waals surface area contributed by atoms with Gasteiger partial charge >= 0.3 is 5.97 Å². The molecule has 1 atom stereocenters. The van der Waals surface area contributed by atoms with Gasteiger partial charge in [0, 0.05) is 6.04 Å². The molecule has 1 aliphatic rings. The lowest BCUT2D eigenvalue weighted by molar-refractivity contribution is -0.141. The number of alkyl halides is 2. The molecule has 0 spiro atoms. The van der Waals surface area contributed by atoms with Crippen LogP contribution in [0, 0.1) is 0 Å². The van der Waals surface area contributed by atoms with Gasteiger partial charge in [0.2, 0.25) is 0 Å². The van der Waals surface area contributed by atoms with Gasteiger partial charge in [-0.2, -0.15) is 0 Å². The van der Waals surface area contributed by atoms with Gasteiger partial charge in [0.1, 0.15) is 0 Å². The van der Waals surface area contributed by atoms with Crippen LogP contribution in [0.5, 0.6) is 0 Å². The average molecular weight is 329 g/mol. The minimum absolute atomic E-state index is 0.245. The van der Waals surface area contributed by atoms with E-state index in [1.54, 1.807) is 0 Å². The topological polar surface area (TPSA) is 29.5 Å². The Bertz CT molecular complexity index is 199. The molecule has 0 saturated carbocycles. The first-order valence-corrected chi connectivity index (χ1v) is 6.59. The standard InChI is InChI=1S/C9H15Br2NO2/c1-12-5-2-3-7(12)4-6-14-9(13)8(10)11/h7-8H,2-6H2,1H3. The number of carbonyl (C=O) groups excluding carboxylic acids is 1. The van der Waals surface area contributed by atoms with Gasteiger partial charge < -0.3 is 9.64 Å². The summed E-state index contributed by atoms with van der Waals surface area (Å²) < 4.78 is 4.68. The first-order valence-electron chi connectivity index (χ1n) is 4.76. The second-order valence-electron chi connectivity index (χ2n) is 3.53. The van der Waals surface area contributed by atoms with E-state index >= 15 is 0 Å². The van der Waals surface area contributed by atoms with E-state index in [1.807, 2.05) is 0 Å². The molecule has 1 unspecified atom stereocenters. The van der Waals surface area contributed by atoms with Crippen LogP contribution >= 0.6 is 31.9 Å². The second kappa shape index (κ2) is 6.08. The molecule has 82 valence electrons. The minimum Gasteiger partial charge on any atom is -0.464 e. The number of esters is 1. The summed E-state index contributed by atoms with van der Waals surface area (Å²) in [6.45, 7) is 1.68. The van der Waals surface area contributed by atoms with Crippen molar-refractivity contribution in [3.63, 3.8) is 0 Å². The highest BCUT2D eigenvalue weighted by atomic mass is 79.9. The number of hydrogen-bond acceptors (Lipinski definition) is 3. The van der Waals surface area contributed by atoms with Crippen molar-refractivity contribution in [2.45, 2.75) is 29.0 Å². The van der Waals surface area contributed by atoms with Crippen molar-refractivity contribution in [2.24, 2.45) is 0 Å². The van der Waals surface area contributed by atoms with Crippen LogP contribution < -0.4 is 0 Å². The zero-order valence-electron chi connectivity index (χ0n) is 8.21. The van der Waals surface area contributed by atoms with Crippen LogP contribution in [0.15, 0.2) is 0 Å². The van der Waals surface area contributed by atoms with Crippen molar-refractivity contribution in [2.75, 3.05) is 20.2 Å². The van der Waals surface area contributed by atoms with Crippen molar-refractivity contribution in [3.05, 3.63) is 0 Å². The molecule has 14 heavy (non-hydrogen) atoms. The number of nitrogens with zero attached hydrogens (tertiary/aromatic N) is 1. The molecule has 1 heterocycles. The largest absolute Gasteiger partial charge is 0.464 e.